The van der Waals surface area contributed by atoms with Crippen molar-refractivity contribution in [2.24, 2.45) is 17.2 Å². The van der Waals surface area contributed by atoms with Gasteiger partial charge >= 0.3 is 95.4 Å². The molecular formula is C19H6F31N3O3. The molecule has 0 heterocycles. The van der Waals surface area contributed by atoms with E-state index >= 15 is 57.1 Å². The minimum atomic E-state index is -9.84. The molecule has 4 aliphatic rings. The summed E-state index contributed by atoms with van der Waals surface area (Å²) in [5, 5.41) is 0. The molecule has 4 fully saturated rings. The highest BCUT2D eigenvalue weighted by molar-refractivity contribution is 5.55. The predicted octanol–water partition coefficient (Wildman–Crippen LogP) is 7.15. The van der Waals surface area contributed by atoms with Crippen LogP contribution >= 0.6 is 0 Å². The van der Waals surface area contributed by atoms with Gasteiger partial charge in [-0.15, -0.1) is 0 Å². The zero-order chi connectivity index (χ0) is 45.6. The average Bonchev–Trinajstić information content (AvgIpc) is 2.91. The Hall–Kier alpha value is -2.41. The van der Waals surface area contributed by atoms with Gasteiger partial charge in [0.15, 0.2) is 0 Å². The van der Waals surface area contributed by atoms with E-state index in [0.717, 1.165) is 0 Å². The van der Waals surface area contributed by atoms with Crippen molar-refractivity contribution in [1.29, 1.82) is 0 Å². The molecule has 0 aromatic carbocycles. The standard InChI is InChI=1S/C19H6F31N3O3/c20-1-5(21,22)2(54-17(45,46)11(33,51)14(36,37)38)8(27,28)3(6(1,23)24,55-18(47,48)12(34,52)15(39,40)41)10(31,32)4(7(1,25)26,9(2,29)30)56-19(49,50)13(35,53)16(42,43)44/h51-53H2. The Morgan fingerprint density at radius 1 is 0.268 bits per heavy atom. The van der Waals surface area contributed by atoms with Gasteiger partial charge < -0.3 is 0 Å². The number of halogens is 31. The second kappa shape index (κ2) is 10.7. The molecule has 0 aromatic rings. The summed E-state index contributed by atoms with van der Waals surface area (Å²) in [4.78, 5) is 0. The van der Waals surface area contributed by atoms with Crippen LogP contribution in [0.25, 0.3) is 0 Å². The highest BCUT2D eigenvalue weighted by Gasteiger charge is 3.24. The fourth-order valence-electron chi connectivity index (χ4n) is 5.71. The summed E-state index contributed by atoms with van der Waals surface area (Å²) in [6, 6.07) is 0. The lowest BCUT2D eigenvalue weighted by molar-refractivity contribution is -0.672. The van der Waals surface area contributed by atoms with Gasteiger partial charge in [0.2, 0.25) is 0 Å². The fourth-order valence-corrected chi connectivity index (χ4v) is 5.71. The lowest BCUT2D eigenvalue weighted by Crippen LogP contribution is -3.12. The van der Waals surface area contributed by atoms with Crippen LogP contribution < -0.4 is 17.2 Å². The van der Waals surface area contributed by atoms with E-state index in [0.29, 0.717) is 0 Å². The van der Waals surface area contributed by atoms with Gasteiger partial charge in [-0.1, -0.05) is 0 Å². The number of hydrogen-bond donors (Lipinski definition) is 3. The average molecular weight is 913 g/mol. The van der Waals surface area contributed by atoms with E-state index in [2.05, 4.69) is 17.2 Å². The van der Waals surface area contributed by atoms with Crippen LogP contribution in [-0.2, 0) is 14.2 Å². The predicted molar refractivity (Wildman–Crippen MR) is 102 cm³/mol. The molecule has 3 unspecified atom stereocenters. The molecule has 0 amide bonds. The summed E-state index contributed by atoms with van der Waals surface area (Å²) >= 11 is 0. The maximum Gasteiger partial charge on any atom is 0.445 e. The molecule has 4 rings (SSSR count). The van der Waals surface area contributed by atoms with Gasteiger partial charge in [0.05, 0.1) is 0 Å². The molecular weight excluding hydrogens is 907 g/mol. The van der Waals surface area contributed by atoms with E-state index in [9.17, 15) is 79.0 Å². The Bertz CT molecular complexity index is 1400. The first kappa shape index (κ1) is 48.0. The Balaban J connectivity index is 2.91. The lowest BCUT2D eigenvalue weighted by atomic mass is 9.38. The van der Waals surface area contributed by atoms with Crippen LogP contribution in [0, 0.1) is 0 Å². The van der Waals surface area contributed by atoms with E-state index in [4.69, 9.17) is 0 Å². The number of hydrogen-bond acceptors (Lipinski definition) is 6. The highest BCUT2D eigenvalue weighted by atomic mass is 19.4. The number of rotatable bonds is 9. The van der Waals surface area contributed by atoms with E-state index in [1.807, 2.05) is 0 Å². The molecule has 3 atom stereocenters. The second-order valence-corrected chi connectivity index (χ2v) is 11.6. The minimum Gasteiger partial charge on any atom is -0.290 e. The SMILES string of the molecule is NC(F)(C(F)(F)F)C(F)(F)OC12C(F)(F)C3(F)C(F)(F)C(OC(F)(F)C(N)(F)C(F)(F)F)(C1(F)F)C(F)(F)C(OC(F)(F)C(N)(F)C(F)(F)F)(C3(F)F)C2(F)F. The van der Waals surface area contributed by atoms with Crippen molar-refractivity contribution in [3.63, 3.8) is 0 Å². The third kappa shape index (κ3) is 4.19. The number of ether oxygens (including phenoxy) is 3. The quantitative estimate of drug-likeness (QED) is 0.168. The van der Waals surface area contributed by atoms with E-state index in [-0.39, 0.29) is 0 Å². The van der Waals surface area contributed by atoms with Gasteiger partial charge in [-0.2, -0.15) is 119 Å². The molecule has 4 aliphatic carbocycles. The zero-order valence-corrected chi connectivity index (χ0v) is 24.2. The summed E-state index contributed by atoms with van der Waals surface area (Å²) in [7, 11) is 0. The van der Waals surface area contributed by atoms with Crippen LogP contribution in [0.1, 0.15) is 0 Å². The van der Waals surface area contributed by atoms with E-state index in [1.54, 1.807) is 0 Å². The maximum absolute atomic E-state index is 16.0. The van der Waals surface area contributed by atoms with Crippen LogP contribution in [0.15, 0.2) is 0 Å². The largest absolute Gasteiger partial charge is 0.445 e. The van der Waals surface area contributed by atoms with Crippen LogP contribution in [-0.4, -0.2) is 112 Å². The molecule has 6 N–H and O–H groups in total. The Morgan fingerprint density at radius 2 is 0.411 bits per heavy atom. The van der Waals surface area contributed by atoms with Crippen molar-refractivity contribution < 1.29 is 150 Å². The Morgan fingerprint density at radius 3 is 0.536 bits per heavy atom. The third-order valence-corrected chi connectivity index (χ3v) is 8.63. The van der Waals surface area contributed by atoms with Crippen molar-refractivity contribution in [1.82, 2.24) is 0 Å². The molecule has 0 spiro atoms. The summed E-state index contributed by atoms with van der Waals surface area (Å²) < 4.78 is 456. The van der Waals surface area contributed by atoms with Gasteiger partial charge in [0, 0.05) is 0 Å². The van der Waals surface area contributed by atoms with Crippen LogP contribution in [0.5, 0.6) is 0 Å². The first-order chi connectivity index (χ1) is 23.6. The highest BCUT2D eigenvalue weighted by Crippen LogP contribution is 2.90. The fraction of sp³-hybridized carbons (Fsp3) is 1.00. The summed E-state index contributed by atoms with van der Waals surface area (Å²) in [6.07, 6.45) is -50.7. The van der Waals surface area contributed by atoms with Gasteiger partial charge in [-0.05, 0) is 0 Å². The Kier molecular flexibility index (Phi) is 9.13. The van der Waals surface area contributed by atoms with Gasteiger partial charge in [-0.3, -0.25) is 31.4 Å². The molecule has 0 aliphatic heterocycles. The normalized spacial score (nSPS) is 36.8. The summed E-state index contributed by atoms with van der Waals surface area (Å²) in [6.45, 7) is 0. The molecule has 0 saturated heterocycles. The molecule has 332 valence electrons. The van der Waals surface area contributed by atoms with Gasteiger partial charge in [0.25, 0.3) is 16.8 Å². The molecule has 4 bridgehead atoms. The Labute approximate surface area is 281 Å². The minimum absolute atomic E-state index is 1.42. The van der Waals surface area contributed by atoms with E-state index < -0.39 is 112 Å². The maximum atomic E-state index is 16.0. The van der Waals surface area contributed by atoms with Crippen molar-refractivity contribution in [2.75, 3.05) is 0 Å². The van der Waals surface area contributed by atoms with E-state index in [1.165, 1.54) is 14.2 Å². The second-order valence-electron chi connectivity index (χ2n) is 11.6. The first-order valence-electron chi connectivity index (χ1n) is 12.4. The van der Waals surface area contributed by atoms with Crippen molar-refractivity contribution in [3.05, 3.63) is 0 Å². The van der Waals surface area contributed by atoms with Crippen LogP contribution in [0.3, 0.4) is 0 Å². The molecule has 56 heavy (non-hydrogen) atoms. The number of alkyl halides is 31. The molecule has 6 nitrogen and oxygen atoms in total. The topological polar surface area (TPSA) is 106 Å². The molecule has 0 radical (unpaired) electrons. The number of nitrogens with two attached hydrogens (primary N) is 3. The van der Waals surface area contributed by atoms with Gasteiger partial charge in [0.1, 0.15) is 0 Å². The molecule has 37 heteroatoms. The first-order valence-corrected chi connectivity index (χ1v) is 12.4. The summed E-state index contributed by atoms with van der Waals surface area (Å²) in [5.74, 6) is -82.3. The molecule has 0 aromatic heterocycles. The third-order valence-electron chi connectivity index (χ3n) is 8.63. The van der Waals surface area contributed by atoms with Crippen molar-refractivity contribution in [2.45, 2.75) is 112 Å². The van der Waals surface area contributed by atoms with Crippen LogP contribution in [0.4, 0.5) is 136 Å². The zero-order valence-electron chi connectivity index (χ0n) is 24.2. The summed E-state index contributed by atoms with van der Waals surface area (Å²) in [5.41, 5.74) is -29.1. The lowest BCUT2D eigenvalue weighted by Gasteiger charge is -2.77. The van der Waals surface area contributed by atoms with Crippen LogP contribution in [0.2, 0.25) is 0 Å². The van der Waals surface area contributed by atoms with Crippen molar-refractivity contribution in [3.8, 4) is 0 Å². The van der Waals surface area contributed by atoms with Crippen molar-refractivity contribution >= 4 is 0 Å². The smallest absolute Gasteiger partial charge is 0.290 e. The monoisotopic (exact) mass is 913 g/mol. The molecule has 4 saturated carbocycles. The van der Waals surface area contributed by atoms with Gasteiger partial charge in [-0.25, -0.2) is 17.6 Å².